The van der Waals surface area contributed by atoms with E-state index in [2.05, 4.69) is 15.5 Å². The number of ether oxygens (including phenoxy) is 4. The molecule has 0 unspecified atom stereocenters. The maximum atomic E-state index is 12.5. The molecule has 28 heavy (non-hydrogen) atoms. The average Bonchev–Trinajstić information content (AvgIpc) is 3.17. The lowest BCUT2D eigenvalue weighted by Gasteiger charge is -2.09. The van der Waals surface area contributed by atoms with Crippen LogP contribution in [0.5, 0.6) is 23.0 Å². The number of benzene rings is 2. The monoisotopic (exact) mass is 383 g/mol. The lowest BCUT2D eigenvalue weighted by Crippen LogP contribution is -2.17. The van der Waals surface area contributed by atoms with Crippen LogP contribution in [0.1, 0.15) is 16.1 Å². The molecular formula is C20H21N3O5. The number of rotatable bonds is 7. The summed E-state index contributed by atoms with van der Waals surface area (Å²) >= 11 is 0. The first-order valence-electron chi connectivity index (χ1n) is 8.41. The van der Waals surface area contributed by atoms with Crippen LogP contribution in [0.4, 0.5) is 0 Å². The van der Waals surface area contributed by atoms with Crippen molar-refractivity contribution in [3.63, 3.8) is 0 Å². The van der Waals surface area contributed by atoms with E-state index in [0.29, 0.717) is 34.3 Å². The first kappa shape index (κ1) is 19.1. The van der Waals surface area contributed by atoms with E-state index >= 15 is 0 Å². The summed E-state index contributed by atoms with van der Waals surface area (Å²) < 4.78 is 21.3. The molecule has 1 aromatic heterocycles. The van der Waals surface area contributed by atoms with Crippen molar-refractivity contribution in [3.8, 4) is 23.0 Å². The summed E-state index contributed by atoms with van der Waals surface area (Å²) in [5, 5.41) is 4.75. The van der Waals surface area contributed by atoms with Gasteiger partial charge in [-0.15, -0.1) is 0 Å². The Morgan fingerprint density at radius 2 is 1.68 bits per heavy atom. The first-order chi connectivity index (χ1) is 13.6. The molecule has 0 radical (unpaired) electrons. The van der Waals surface area contributed by atoms with E-state index in [9.17, 15) is 4.79 Å². The molecule has 1 heterocycles. The van der Waals surface area contributed by atoms with Crippen molar-refractivity contribution in [2.45, 2.75) is 0 Å². The van der Waals surface area contributed by atoms with Gasteiger partial charge in [-0.1, -0.05) is 6.07 Å². The van der Waals surface area contributed by atoms with Gasteiger partial charge in [-0.25, -0.2) is 5.43 Å². The highest BCUT2D eigenvalue weighted by atomic mass is 16.5. The van der Waals surface area contributed by atoms with Crippen molar-refractivity contribution in [3.05, 3.63) is 47.7 Å². The third-order valence-electron chi connectivity index (χ3n) is 4.19. The molecule has 0 spiro atoms. The molecule has 0 aliphatic heterocycles. The van der Waals surface area contributed by atoms with Crippen molar-refractivity contribution in [1.29, 1.82) is 0 Å². The van der Waals surface area contributed by atoms with Crippen LogP contribution in [0.25, 0.3) is 10.9 Å². The van der Waals surface area contributed by atoms with Gasteiger partial charge in [0.1, 0.15) is 5.69 Å². The third-order valence-corrected chi connectivity index (χ3v) is 4.19. The number of hydrogen-bond donors (Lipinski definition) is 2. The first-order valence-corrected chi connectivity index (χ1v) is 8.41. The average molecular weight is 383 g/mol. The van der Waals surface area contributed by atoms with Gasteiger partial charge in [0.15, 0.2) is 23.0 Å². The normalized spacial score (nSPS) is 10.9. The quantitative estimate of drug-likeness (QED) is 0.483. The zero-order valence-corrected chi connectivity index (χ0v) is 16.0. The van der Waals surface area contributed by atoms with Gasteiger partial charge in [0, 0.05) is 10.9 Å². The Labute approximate surface area is 162 Å². The molecule has 8 heteroatoms. The highest BCUT2D eigenvalue weighted by Crippen LogP contribution is 2.35. The molecule has 8 nitrogen and oxygen atoms in total. The fourth-order valence-electron chi connectivity index (χ4n) is 2.89. The van der Waals surface area contributed by atoms with Crippen molar-refractivity contribution >= 4 is 23.0 Å². The Balaban J connectivity index is 1.81. The summed E-state index contributed by atoms with van der Waals surface area (Å²) in [4.78, 5) is 15.5. The van der Waals surface area contributed by atoms with Gasteiger partial charge in [-0.2, -0.15) is 5.10 Å². The Bertz CT molecular complexity index is 1030. The van der Waals surface area contributed by atoms with Crippen LogP contribution in [0.2, 0.25) is 0 Å². The predicted molar refractivity (Wildman–Crippen MR) is 106 cm³/mol. The number of carbonyl (C=O) groups is 1. The summed E-state index contributed by atoms with van der Waals surface area (Å²) in [5.41, 5.74) is 4.26. The fourth-order valence-corrected chi connectivity index (χ4v) is 2.89. The minimum atomic E-state index is -0.393. The number of aromatic amines is 1. The summed E-state index contributed by atoms with van der Waals surface area (Å²) in [6, 6.07) is 10.7. The van der Waals surface area contributed by atoms with Crippen LogP contribution < -0.4 is 24.4 Å². The van der Waals surface area contributed by atoms with E-state index in [1.54, 1.807) is 52.7 Å². The Morgan fingerprint density at radius 1 is 0.964 bits per heavy atom. The zero-order chi connectivity index (χ0) is 20.1. The van der Waals surface area contributed by atoms with Gasteiger partial charge in [0.25, 0.3) is 5.91 Å². The van der Waals surface area contributed by atoms with E-state index in [4.69, 9.17) is 18.9 Å². The van der Waals surface area contributed by atoms with Crippen molar-refractivity contribution in [1.82, 2.24) is 10.4 Å². The number of nitrogens with zero attached hydrogens (tertiary/aromatic N) is 1. The molecule has 0 saturated carbocycles. The molecule has 1 amide bonds. The number of nitrogens with one attached hydrogen (secondary N) is 2. The fraction of sp³-hybridized carbons (Fsp3) is 0.200. The maximum Gasteiger partial charge on any atom is 0.287 e. The van der Waals surface area contributed by atoms with Gasteiger partial charge < -0.3 is 23.9 Å². The highest BCUT2D eigenvalue weighted by Gasteiger charge is 2.15. The number of amides is 1. The topological polar surface area (TPSA) is 94.2 Å². The Kier molecular flexibility index (Phi) is 5.69. The number of H-pyrrole nitrogens is 1. The molecule has 2 N–H and O–H groups in total. The second kappa shape index (κ2) is 8.34. The number of fused-ring (bicyclic) bond motifs is 1. The van der Waals surface area contributed by atoms with E-state index in [-0.39, 0.29) is 0 Å². The number of aromatic nitrogens is 1. The number of methoxy groups -OCH3 is 4. The van der Waals surface area contributed by atoms with Gasteiger partial charge >= 0.3 is 0 Å². The van der Waals surface area contributed by atoms with Gasteiger partial charge in [0.2, 0.25) is 0 Å². The van der Waals surface area contributed by atoms with Crippen LogP contribution in [0.15, 0.2) is 41.5 Å². The minimum absolute atomic E-state index is 0.344. The molecule has 0 aliphatic rings. The van der Waals surface area contributed by atoms with E-state index in [1.165, 1.54) is 6.21 Å². The lowest BCUT2D eigenvalue weighted by atomic mass is 10.2. The molecule has 0 atom stereocenters. The van der Waals surface area contributed by atoms with Gasteiger partial charge in [-0.3, -0.25) is 4.79 Å². The lowest BCUT2D eigenvalue weighted by molar-refractivity contribution is 0.0951. The molecule has 3 rings (SSSR count). The number of carbonyl (C=O) groups excluding carboxylic acids is 1. The Morgan fingerprint density at radius 3 is 2.36 bits per heavy atom. The third kappa shape index (κ3) is 3.57. The van der Waals surface area contributed by atoms with Crippen LogP contribution in [0, 0.1) is 0 Å². The second-order valence-electron chi connectivity index (χ2n) is 5.73. The summed E-state index contributed by atoms with van der Waals surface area (Å²) in [6.07, 6.45) is 1.49. The second-order valence-corrected chi connectivity index (χ2v) is 5.73. The molecule has 2 aromatic carbocycles. The highest BCUT2D eigenvalue weighted by molar-refractivity contribution is 6.00. The smallest absolute Gasteiger partial charge is 0.287 e. The van der Waals surface area contributed by atoms with Gasteiger partial charge in [0.05, 0.1) is 40.2 Å². The van der Waals surface area contributed by atoms with Crippen LogP contribution in [-0.4, -0.2) is 45.5 Å². The molecule has 0 aliphatic carbocycles. The number of hydrazone groups is 1. The van der Waals surface area contributed by atoms with Crippen LogP contribution in [0.3, 0.4) is 0 Å². The molecule has 0 saturated heterocycles. The summed E-state index contributed by atoms with van der Waals surface area (Å²) in [7, 11) is 6.21. The van der Waals surface area contributed by atoms with E-state index in [1.807, 2.05) is 12.1 Å². The minimum Gasteiger partial charge on any atom is -0.493 e. The van der Waals surface area contributed by atoms with Crippen molar-refractivity contribution in [2.24, 2.45) is 5.10 Å². The molecule has 146 valence electrons. The number of para-hydroxylation sites is 1. The maximum absolute atomic E-state index is 12.5. The summed E-state index contributed by atoms with van der Waals surface area (Å²) in [6.45, 7) is 0. The zero-order valence-electron chi connectivity index (χ0n) is 16.0. The number of hydrogen-bond acceptors (Lipinski definition) is 6. The van der Waals surface area contributed by atoms with Crippen LogP contribution >= 0.6 is 0 Å². The Hall–Kier alpha value is -3.68. The van der Waals surface area contributed by atoms with E-state index in [0.717, 1.165) is 10.9 Å². The van der Waals surface area contributed by atoms with Crippen LogP contribution in [-0.2, 0) is 0 Å². The largest absolute Gasteiger partial charge is 0.493 e. The predicted octanol–water partition coefficient (Wildman–Crippen LogP) is 2.97. The molecule has 0 bridgehead atoms. The van der Waals surface area contributed by atoms with Crippen molar-refractivity contribution in [2.75, 3.05) is 28.4 Å². The SMILES string of the molecule is COc1cccc(/C=N\NC(=O)c2cc3c(OC)c(OC)ccc3[nH]2)c1OC. The molecule has 0 fully saturated rings. The standard InChI is InChI=1S/C20H21N3O5/c1-25-16-7-5-6-12(18(16)27-3)11-21-23-20(24)15-10-13-14(22-15)8-9-17(26-2)19(13)28-4/h5-11,22H,1-4H3,(H,23,24)/b21-11-. The van der Waals surface area contributed by atoms with E-state index < -0.39 is 5.91 Å². The van der Waals surface area contributed by atoms with Crippen molar-refractivity contribution < 1.29 is 23.7 Å². The summed E-state index contributed by atoms with van der Waals surface area (Å²) in [5.74, 6) is 1.86. The molecular weight excluding hydrogens is 362 g/mol. The molecule has 3 aromatic rings. The van der Waals surface area contributed by atoms with Gasteiger partial charge in [-0.05, 0) is 30.3 Å².